The fourth-order valence-electron chi connectivity index (χ4n) is 2.15. The maximum Gasteiger partial charge on any atom is 0.255 e. The Labute approximate surface area is 101 Å². The van der Waals surface area contributed by atoms with Crippen LogP contribution >= 0.6 is 0 Å². The number of hydrogen-bond donors (Lipinski definition) is 1. The van der Waals surface area contributed by atoms with Gasteiger partial charge in [0.15, 0.2) is 0 Å². The average molecular weight is 234 g/mol. The summed E-state index contributed by atoms with van der Waals surface area (Å²) in [6.45, 7) is 5.86. The third-order valence-electron chi connectivity index (χ3n) is 3.24. The topological polar surface area (TPSA) is 72.1 Å². The average Bonchev–Trinajstić information content (AvgIpc) is 2.80. The summed E-state index contributed by atoms with van der Waals surface area (Å²) in [5.41, 5.74) is 7.75. The number of aryl methyl sites for hydroxylation is 2. The minimum Gasteiger partial charge on any atom is -0.338 e. The predicted molar refractivity (Wildman–Crippen MR) is 64.6 cm³/mol. The highest BCUT2D eigenvalue weighted by molar-refractivity contribution is 5.95. The van der Waals surface area contributed by atoms with E-state index in [1.165, 1.54) is 0 Å². The number of carbonyl (C=O) groups excluding carboxylic acids is 1. The molecule has 5 nitrogen and oxygen atoms in total. The second-order valence-electron chi connectivity index (χ2n) is 4.63. The van der Waals surface area contributed by atoms with Gasteiger partial charge in [0.2, 0.25) is 0 Å². The van der Waals surface area contributed by atoms with Crippen LogP contribution in [0.2, 0.25) is 0 Å². The number of hydrogen-bond acceptors (Lipinski definition) is 4. The predicted octanol–water partition coefficient (Wildman–Crippen LogP) is 0.514. The molecule has 5 heteroatoms. The number of carbonyl (C=O) groups is 1. The first-order valence-corrected chi connectivity index (χ1v) is 5.92. The van der Waals surface area contributed by atoms with Crippen LogP contribution in [0.25, 0.3) is 0 Å². The molecule has 0 aromatic carbocycles. The van der Waals surface area contributed by atoms with Gasteiger partial charge in [-0.15, -0.1) is 0 Å². The zero-order valence-corrected chi connectivity index (χ0v) is 10.3. The molecule has 1 aliphatic rings. The minimum atomic E-state index is 0.0523. The Balaban J connectivity index is 2.17. The largest absolute Gasteiger partial charge is 0.338 e. The van der Waals surface area contributed by atoms with Gasteiger partial charge in [0.05, 0.1) is 17.0 Å². The monoisotopic (exact) mass is 234 g/mol. The lowest BCUT2D eigenvalue weighted by molar-refractivity contribution is 0.0786. The molecule has 1 aliphatic heterocycles. The molecule has 0 radical (unpaired) electrons. The number of aromatic nitrogens is 2. The number of amides is 1. The van der Waals surface area contributed by atoms with E-state index in [2.05, 4.69) is 10.2 Å². The van der Waals surface area contributed by atoms with Gasteiger partial charge in [-0.1, -0.05) is 0 Å². The van der Waals surface area contributed by atoms with Gasteiger partial charge in [-0.25, -0.2) is 0 Å². The highest BCUT2D eigenvalue weighted by Crippen LogP contribution is 2.18. The van der Waals surface area contributed by atoms with Gasteiger partial charge < -0.3 is 10.6 Å². The van der Waals surface area contributed by atoms with E-state index in [1.54, 1.807) is 6.07 Å². The quantitative estimate of drug-likeness (QED) is 0.809. The van der Waals surface area contributed by atoms with E-state index in [9.17, 15) is 4.79 Å². The molecular formula is C12H18N4O. The fourth-order valence-corrected chi connectivity index (χ4v) is 2.15. The Morgan fingerprint density at radius 1 is 1.53 bits per heavy atom. The van der Waals surface area contributed by atoms with Gasteiger partial charge in [-0.05, 0) is 38.8 Å². The van der Waals surface area contributed by atoms with Crippen molar-refractivity contribution in [2.45, 2.75) is 20.3 Å². The Morgan fingerprint density at radius 2 is 2.29 bits per heavy atom. The van der Waals surface area contributed by atoms with E-state index in [4.69, 9.17) is 5.73 Å². The van der Waals surface area contributed by atoms with Gasteiger partial charge in [-0.3, -0.25) is 4.79 Å². The number of nitrogens with zero attached hydrogens (tertiary/aromatic N) is 3. The highest BCUT2D eigenvalue weighted by Gasteiger charge is 2.27. The van der Waals surface area contributed by atoms with Crippen LogP contribution in [0.3, 0.4) is 0 Å². The number of rotatable bonds is 2. The summed E-state index contributed by atoms with van der Waals surface area (Å²) in [6.07, 6.45) is 0.999. The zero-order valence-electron chi connectivity index (χ0n) is 10.3. The van der Waals surface area contributed by atoms with Crippen molar-refractivity contribution in [1.29, 1.82) is 0 Å². The molecule has 1 unspecified atom stereocenters. The number of nitrogens with two attached hydrogens (primary N) is 1. The molecule has 17 heavy (non-hydrogen) atoms. The van der Waals surface area contributed by atoms with E-state index < -0.39 is 0 Å². The van der Waals surface area contributed by atoms with Crippen LogP contribution in [0.5, 0.6) is 0 Å². The van der Waals surface area contributed by atoms with E-state index in [0.29, 0.717) is 23.7 Å². The molecule has 1 amide bonds. The molecule has 1 atom stereocenters. The van der Waals surface area contributed by atoms with Gasteiger partial charge in [-0.2, -0.15) is 10.2 Å². The molecule has 0 bridgehead atoms. The molecule has 2 N–H and O–H groups in total. The second-order valence-corrected chi connectivity index (χ2v) is 4.63. The summed E-state index contributed by atoms with van der Waals surface area (Å²) in [4.78, 5) is 14.2. The maximum atomic E-state index is 12.3. The van der Waals surface area contributed by atoms with Crippen LogP contribution in [0, 0.1) is 19.8 Å². The van der Waals surface area contributed by atoms with E-state index in [0.717, 1.165) is 25.2 Å². The molecule has 1 aromatic rings. The normalized spacial score (nSPS) is 19.7. The van der Waals surface area contributed by atoms with Crippen molar-refractivity contribution < 1.29 is 4.79 Å². The van der Waals surface area contributed by atoms with Gasteiger partial charge in [0, 0.05) is 13.1 Å². The highest BCUT2D eigenvalue weighted by atomic mass is 16.2. The molecular weight excluding hydrogens is 216 g/mol. The summed E-state index contributed by atoms with van der Waals surface area (Å²) in [7, 11) is 0. The fraction of sp³-hybridized carbons (Fsp3) is 0.583. The summed E-state index contributed by atoms with van der Waals surface area (Å²) in [5, 5.41) is 7.93. The summed E-state index contributed by atoms with van der Waals surface area (Å²) >= 11 is 0. The summed E-state index contributed by atoms with van der Waals surface area (Å²) in [6, 6.07) is 1.81. The Morgan fingerprint density at radius 3 is 2.94 bits per heavy atom. The summed E-state index contributed by atoms with van der Waals surface area (Å²) in [5.74, 6) is 0.492. The first kappa shape index (κ1) is 12.0. The standard InChI is InChI=1S/C12H18N4O/c1-8-5-11(9(2)15-14-8)12(17)16-4-3-10(6-13)7-16/h5,10H,3-4,6-7,13H2,1-2H3. The molecule has 1 fully saturated rings. The third kappa shape index (κ3) is 2.44. The third-order valence-corrected chi connectivity index (χ3v) is 3.24. The van der Waals surface area contributed by atoms with Crippen molar-refractivity contribution in [3.8, 4) is 0 Å². The lowest BCUT2D eigenvalue weighted by Gasteiger charge is -2.17. The Kier molecular flexibility index (Phi) is 3.38. The molecule has 0 aliphatic carbocycles. The van der Waals surface area contributed by atoms with Crippen molar-refractivity contribution in [2.75, 3.05) is 19.6 Å². The Bertz CT molecular complexity index is 433. The van der Waals surface area contributed by atoms with Crippen LogP contribution in [-0.2, 0) is 0 Å². The SMILES string of the molecule is Cc1cc(C(=O)N2CCC(CN)C2)c(C)nn1. The first-order valence-electron chi connectivity index (χ1n) is 5.92. The smallest absolute Gasteiger partial charge is 0.255 e. The van der Waals surface area contributed by atoms with E-state index >= 15 is 0 Å². The van der Waals surface area contributed by atoms with Gasteiger partial charge in [0.25, 0.3) is 5.91 Å². The zero-order chi connectivity index (χ0) is 12.4. The van der Waals surface area contributed by atoms with Crippen LogP contribution in [0.1, 0.15) is 28.2 Å². The molecule has 2 heterocycles. The van der Waals surface area contributed by atoms with Crippen LogP contribution < -0.4 is 5.73 Å². The summed E-state index contributed by atoms with van der Waals surface area (Å²) < 4.78 is 0. The first-order chi connectivity index (χ1) is 8.11. The van der Waals surface area contributed by atoms with E-state index in [-0.39, 0.29) is 5.91 Å². The molecule has 0 spiro atoms. The lowest BCUT2D eigenvalue weighted by Crippen LogP contribution is -2.30. The van der Waals surface area contributed by atoms with Crippen LogP contribution in [0.15, 0.2) is 6.07 Å². The molecule has 1 saturated heterocycles. The van der Waals surface area contributed by atoms with Crippen molar-refractivity contribution >= 4 is 5.91 Å². The molecule has 0 saturated carbocycles. The lowest BCUT2D eigenvalue weighted by atomic mass is 10.1. The molecule has 1 aromatic heterocycles. The van der Waals surface area contributed by atoms with Crippen molar-refractivity contribution in [1.82, 2.24) is 15.1 Å². The molecule has 2 rings (SSSR count). The van der Waals surface area contributed by atoms with E-state index in [1.807, 2.05) is 18.7 Å². The van der Waals surface area contributed by atoms with Crippen LogP contribution in [-0.4, -0.2) is 40.6 Å². The van der Waals surface area contributed by atoms with Crippen molar-refractivity contribution in [3.63, 3.8) is 0 Å². The van der Waals surface area contributed by atoms with Gasteiger partial charge in [0.1, 0.15) is 0 Å². The van der Waals surface area contributed by atoms with Gasteiger partial charge >= 0.3 is 0 Å². The van der Waals surface area contributed by atoms with Crippen LogP contribution in [0.4, 0.5) is 0 Å². The minimum absolute atomic E-state index is 0.0523. The van der Waals surface area contributed by atoms with Crippen molar-refractivity contribution in [2.24, 2.45) is 11.7 Å². The molecule has 92 valence electrons. The van der Waals surface area contributed by atoms with Crippen molar-refractivity contribution in [3.05, 3.63) is 23.0 Å². The maximum absolute atomic E-state index is 12.3. The second kappa shape index (κ2) is 4.79. The Hall–Kier alpha value is -1.49. The number of likely N-dealkylation sites (tertiary alicyclic amines) is 1.